The maximum atomic E-state index is 13.0. The highest BCUT2D eigenvalue weighted by atomic mass is 79.9. The standard InChI is InChI=1S/C21H20BrF3N4O2/c22-16-4-5-18(26-12-16)27-6-8-28(9-7-27)20(31)14-10-19(30)29(13-14)17-3-1-2-15(11-17)21(23,24)25/h1-5,11-12,14H,6-10,13H2. The van der Waals surface area contributed by atoms with Crippen molar-refractivity contribution in [3.63, 3.8) is 0 Å². The van der Waals surface area contributed by atoms with Gasteiger partial charge in [-0.2, -0.15) is 13.2 Å². The molecule has 10 heteroatoms. The summed E-state index contributed by atoms with van der Waals surface area (Å²) < 4.78 is 39.9. The molecule has 1 aromatic carbocycles. The summed E-state index contributed by atoms with van der Waals surface area (Å²) >= 11 is 3.35. The van der Waals surface area contributed by atoms with E-state index in [1.807, 2.05) is 12.1 Å². The van der Waals surface area contributed by atoms with Crippen LogP contribution < -0.4 is 9.80 Å². The highest BCUT2D eigenvalue weighted by Crippen LogP contribution is 2.34. The van der Waals surface area contributed by atoms with Gasteiger partial charge in [0.2, 0.25) is 11.8 Å². The summed E-state index contributed by atoms with van der Waals surface area (Å²) in [6.45, 7) is 2.35. The molecule has 6 nitrogen and oxygen atoms in total. The van der Waals surface area contributed by atoms with Gasteiger partial charge in [0.05, 0.1) is 11.5 Å². The molecule has 2 aliphatic heterocycles. The summed E-state index contributed by atoms with van der Waals surface area (Å²) in [5.41, 5.74) is -0.647. The molecule has 1 aromatic heterocycles. The summed E-state index contributed by atoms with van der Waals surface area (Å²) in [6.07, 6.45) is -2.76. The van der Waals surface area contributed by atoms with Crippen LogP contribution in [-0.2, 0) is 15.8 Å². The lowest BCUT2D eigenvalue weighted by Crippen LogP contribution is -2.51. The molecule has 2 saturated heterocycles. The molecule has 0 radical (unpaired) electrons. The van der Waals surface area contributed by atoms with Gasteiger partial charge >= 0.3 is 6.18 Å². The van der Waals surface area contributed by atoms with E-state index in [4.69, 9.17) is 0 Å². The molecule has 1 atom stereocenters. The van der Waals surface area contributed by atoms with Crippen molar-refractivity contribution in [3.8, 4) is 0 Å². The Morgan fingerprint density at radius 1 is 1.10 bits per heavy atom. The third kappa shape index (κ3) is 4.68. The van der Waals surface area contributed by atoms with E-state index < -0.39 is 17.7 Å². The van der Waals surface area contributed by atoms with E-state index in [0.717, 1.165) is 22.4 Å². The lowest BCUT2D eigenvalue weighted by Gasteiger charge is -2.36. The molecule has 2 fully saturated rings. The minimum absolute atomic E-state index is 0.00353. The Labute approximate surface area is 185 Å². The molecule has 0 bridgehead atoms. The highest BCUT2D eigenvalue weighted by Gasteiger charge is 2.39. The number of piperazine rings is 1. The number of carbonyl (C=O) groups excluding carboxylic acids is 2. The number of pyridine rings is 1. The highest BCUT2D eigenvalue weighted by molar-refractivity contribution is 9.10. The number of aromatic nitrogens is 1. The van der Waals surface area contributed by atoms with Crippen molar-refractivity contribution < 1.29 is 22.8 Å². The first kappa shape index (κ1) is 21.6. The monoisotopic (exact) mass is 496 g/mol. The summed E-state index contributed by atoms with van der Waals surface area (Å²) in [5, 5.41) is 0. The molecular weight excluding hydrogens is 477 g/mol. The van der Waals surface area contributed by atoms with Crippen molar-refractivity contribution in [1.82, 2.24) is 9.88 Å². The molecular formula is C21H20BrF3N4O2. The number of nitrogens with zero attached hydrogens (tertiary/aromatic N) is 4. The minimum atomic E-state index is -4.49. The first-order chi connectivity index (χ1) is 14.7. The van der Waals surface area contributed by atoms with Crippen molar-refractivity contribution in [2.45, 2.75) is 12.6 Å². The van der Waals surface area contributed by atoms with Crippen LogP contribution in [0.25, 0.3) is 0 Å². The van der Waals surface area contributed by atoms with Crippen LogP contribution in [-0.4, -0.2) is 54.4 Å². The van der Waals surface area contributed by atoms with Gasteiger partial charge in [0.25, 0.3) is 0 Å². The summed E-state index contributed by atoms with van der Waals surface area (Å²) in [4.78, 5) is 34.9. The normalized spacial score (nSPS) is 19.8. The predicted octanol–water partition coefficient (Wildman–Crippen LogP) is 3.56. The number of carbonyl (C=O) groups is 2. The fourth-order valence-corrected chi connectivity index (χ4v) is 4.18. The Morgan fingerprint density at radius 3 is 2.48 bits per heavy atom. The Kier molecular flexibility index (Phi) is 5.92. The van der Waals surface area contributed by atoms with Gasteiger partial charge in [-0.15, -0.1) is 0 Å². The second-order valence-electron chi connectivity index (χ2n) is 7.60. The van der Waals surface area contributed by atoms with Crippen LogP contribution in [0.4, 0.5) is 24.7 Å². The third-order valence-electron chi connectivity index (χ3n) is 5.59. The average Bonchev–Trinajstić information content (AvgIpc) is 3.15. The second kappa shape index (κ2) is 8.49. The number of hydrogen-bond donors (Lipinski definition) is 0. The first-order valence-corrected chi connectivity index (χ1v) is 10.6. The van der Waals surface area contributed by atoms with Crippen molar-refractivity contribution >= 4 is 39.2 Å². The van der Waals surface area contributed by atoms with E-state index in [9.17, 15) is 22.8 Å². The molecule has 164 valence electrons. The van der Waals surface area contributed by atoms with E-state index in [1.54, 1.807) is 11.1 Å². The smallest absolute Gasteiger partial charge is 0.353 e. The van der Waals surface area contributed by atoms with Gasteiger partial charge in [-0.05, 0) is 46.3 Å². The second-order valence-corrected chi connectivity index (χ2v) is 8.52. The number of benzene rings is 1. The van der Waals surface area contributed by atoms with Gasteiger partial charge < -0.3 is 14.7 Å². The van der Waals surface area contributed by atoms with Crippen LogP contribution in [0.1, 0.15) is 12.0 Å². The van der Waals surface area contributed by atoms with Gasteiger partial charge in [0.1, 0.15) is 5.82 Å². The zero-order valence-corrected chi connectivity index (χ0v) is 18.1. The first-order valence-electron chi connectivity index (χ1n) is 9.85. The molecule has 4 rings (SSSR count). The molecule has 2 aliphatic rings. The fraction of sp³-hybridized carbons (Fsp3) is 0.381. The number of halogens is 4. The molecule has 0 spiro atoms. The van der Waals surface area contributed by atoms with Crippen LogP contribution in [0.5, 0.6) is 0 Å². The number of hydrogen-bond acceptors (Lipinski definition) is 4. The molecule has 2 amide bonds. The molecule has 2 aromatic rings. The van der Waals surface area contributed by atoms with E-state index in [1.165, 1.54) is 17.0 Å². The summed E-state index contributed by atoms with van der Waals surface area (Å²) in [6, 6.07) is 8.47. The predicted molar refractivity (Wildman–Crippen MR) is 113 cm³/mol. The van der Waals surface area contributed by atoms with Crippen LogP contribution in [0.2, 0.25) is 0 Å². The zero-order valence-electron chi connectivity index (χ0n) is 16.5. The topological polar surface area (TPSA) is 56.8 Å². The van der Waals surface area contributed by atoms with Gasteiger partial charge in [0.15, 0.2) is 0 Å². The lowest BCUT2D eigenvalue weighted by atomic mass is 10.1. The number of rotatable bonds is 3. The van der Waals surface area contributed by atoms with Crippen LogP contribution >= 0.6 is 15.9 Å². The van der Waals surface area contributed by atoms with E-state index in [0.29, 0.717) is 26.2 Å². The van der Waals surface area contributed by atoms with Crippen LogP contribution in [0.15, 0.2) is 47.1 Å². The van der Waals surface area contributed by atoms with Gasteiger partial charge in [0, 0.05) is 55.5 Å². The Bertz CT molecular complexity index is 975. The maximum absolute atomic E-state index is 13.0. The van der Waals surface area contributed by atoms with E-state index in [2.05, 4.69) is 25.8 Å². The summed E-state index contributed by atoms with van der Waals surface area (Å²) in [7, 11) is 0. The molecule has 0 N–H and O–H groups in total. The number of anilines is 2. The molecule has 31 heavy (non-hydrogen) atoms. The quantitative estimate of drug-likeness (QED) is 0.651. The Morgan fingerprint density at radius 2 is 1.84 bits per heavy atom. The SMILES string of the molecule is O=C(C1CC(=O)N(c2cccc(C(F)(F)F)c2)C1)N1CCN(c2ccc(Br)cn2)CC1. The van der Waals surface area contributed by atoms with E-state index >= 15 is 0 Å². The number of alkyl halides is 3. The Balaban J connectivity index is 1.38. The fourth-order valence-electron chi connectivity index (χ4n) is 3.94. The van der Waals surface area contributed by atoms with Crippen molar-refractivity contribution in [2.24, 2.45) is 5.92 Å². The van der Waals surface area contributed by atoms with Gasteiger partial charge in [-0.25, -0.2) is 4.98 Å². The van der Waals surface area contributed by atoms with E-state index in [-0.39, 0.29) is 30.5 Å². The maximum Gasteiger partial charge on any atom is 0.416 e. The molecule has 0 saturated carbocycles. The van der Waals surface area contributed by atoms with Crippen LogP contribution in [0, 0.1) is 5.92 Å². The molecule has 1 unspecified atom stereocenters. The van der Waals surface area contributed by atoms with Gasteiger partial charge in [-0.1, -0.05) is 6.07 Å². The zero-order chi connectivity index (χ0) is 22.2. The third-order valence-corrected chi connectivity index (χ3v) is 6.06. The largest absolute Gasteiger partial charge is 0.416 e. The lowest BCUT2D eigenvalue weighted by molar-refractivity contribution is -0.137. The van der Waals surface area contributed by atoms with Crippen molar-refractivity contribution in [1.29, 1.82) is 0 Å². The van der Waals surface area contributed by atoms with Crippen molar-refractivity contribution in [2.75, 3.05) is 42.5 Å². The Hall–Kier alpha value is -2.62. The van der Waals surface area contributed by atoms with Crippen LogP contribution in [0.3, 0.4) is 0 Å². The average molecular weight is 497 g/mol. The number of amides is 2. The summed E-state index contributed by atoms with van der Waals surface area (Å²) in [5.74, 6) is -0.192. The van der Waals surface area contributed by atoms with Crippen molar-refractivity contribution in [3.05, 3.63) is 52.6 Å². The molecule has 3 heterocycles. The van der Waals surface area contributed by atoms with Gasteiger partial charge in [-0.3, -0.25) is 9.59 Å². The molecule has 0 aliphatic carbocycles. The minimum Gasteiger partial charge on any atom is -0.353 e.